The third kappa shape index (κ3) is 4.13. The fourth-order valence-electron chi connectivity index (χ4n) is 4.88. The van der Waals surface area contributed by atoms with Gasteiger partial charge in [0.15, 0.2) is 18.5 Å². The Morgan fingerprint density at radius 1 is 1.09 bits per heavy atom. The molecule has 0 unspecified atom stereocenters. The topological polar surface area (TPSA) is 93.7 Å². The highest BCUT2D eigenvalue weighted by Gasteiger charge is 2.69. The van der Waals surface area contributed by atoms with Gasteiger partial charge in [0.2, 0.25) is 0 Å². The van der Waals surface area contributed by atoms with Crippen molar-refractivity contribution in [1.29, 1.82) is 0 Å². The third-order valence-electron chi connectivity index (χ3n) is 6.26. The van der Waals surface area contributed by atoms with Crippen molar-refractivity contribution in [2.24, 2.45) is 0 Å². The van der Waals surface area contributed by atoms with Crippen LogP contribution in [0.15, 0.2) is 36.4 Å². The predicted molar refractivity (Wildman–Crippen MR) is 117 cm³/mol. The Morgan fingerprint density at radius 2 is 1.82 bits per heavy atom. The van der Waals surface area contributed by atoms with Crippen molar-refractivity contribution < 1.29 is 28.2 Å². The van der Waals surface area contributed by atoms with Crippen LogP contribution in [0.3, 0.4) is 0 Å². The van der Waals surface area contributed by atoms with Gasteiger partial charge in [-0.05, 0) is 49.6 Å². The lowest BCUT2D eigenvalue weighted by Gasteiger charge is -2.70. The van der Waals surface area contributed by atoms with Gasteiger partial charge in [-0.25, -0.2) is 4.39 Å². The molecule has 0 saturated heterocycles. The van der Waals surface area contributed by atoms with Crippen LogP contribution in [0.2, 0.25) is 10.0 Å². The lowest BCUT2D eigenvalue weighted by atomic mass is 9.44. The normalized spacial score (nSPS) is 26.8. The molecule has 3 fully saturated rings. The number of Topliss-reactive ketones (excluding diaryl/α,β-unsaturated/α-hetero) is 1. The van der Waals surface area contributed by atoms with Crippen LogP contribution in [-0.4, -0.2) is 41.4 Å². The number of fused-ring (bicyclic) bond motifs is 1. The molecule has 2 N–H and O–H groups in total. The van der Waals surface area contributed by atoms with Crippen molar-refractivity contribution in [3.8, 4) is 11.5 Å². The van der Waals surface area contributed by atoms with Gasteiger partial charge < -0.3 is 20.1 Å². The van der Waals surface area contributed by atoms with Crippen molar-refractivity contribution >= 4 is 40.8 Å². The minimum absolute atomic E-state index is 0.0235. The molecule has 2 aromatic rings. The third-order valence-corrected chi connectivity index (χ3v) is 6.80. The second-order valence-electron chi connectivity index (χ2n) is 8.87. The second kappa shape index (κ2) is 7.88. The highest BCUT2D eigenvalue weighted by molar-refractivity contribution is 6.31. The minimum atomic E-state index is -0.904. The summed E-state index contributed by atoms with van der Waals surface area (Å²) < 4.78 is 24.5. The summed E-state index contributed by atoms with van der Waals surface area (Å²) in [6, 6.07) is 8.68. The summed E-state index contributed by atoms with van der Waals surface area (Å²) in [6.07, 6.45) is 0.790. The number of nitrogens with one attached hydrogen (secondary N) is 2. The van der Waals surface area contributed by atoms with E-state index in [1.807, 2.05) is 0 Å². The first-order valence-corrected chi connectivity index (χ1v) is 11.1. The standard InChI is InChI=1S/C23H19Cl2FN2O5/c24-12-1-4-18-14(5-12)17(29)7-19(33-18)21(31)28-23-9-22(10-23,11-23)27-20(30)8-32-13-2-3-15(25)16(26)6-13/h1-6,19H,7-11H2,(H,27,30)(H,28,31)/t19-,22?,23?/m0/s1. The van der Waals surface area contributed by atoms with Crippen molar-refractivity contribution in [1.82, 2.24) is 10.6 Å². The number of carbonyl (C=O) groups is 3. The van der Waals surface area contributed by atoms with Crippen LogP contribution in [0, 0.1) is 5.82 Å². The van der Waals surface area contributed by atoms with E-state index in [0.717, 1.165) is 6.07 Å². The zero-order valence-corrected chi connectivity index (χ0v) is 18.8. The van der Waals surface area contributed by atoms with E-state index in [1.165, 1.54) is 18.2 Å². The molecular formula is C23H19Cl2FN2O5. The van der Waals surface area contributed by atoms with Gasteiger partial charge in [0, 0.05) is 22.2 Å². The summed E-state index contributed by atoms with van der Waals surface area (Å²) in [5.74, 6) is -0.946. The Labute approximate surface area is 198 Å². The molecule has 6 rings (SSSR count). The molecular weight excluding hydrogens is 474 g/mol. The first-order valence-electron chi connectivity index (χ1n) is 10.4. The van der Waals surface area contributed by atoms with Crippen LogP contribution in [0.25, 0.3) is 0 Å². The molecule has 2 aromatic carbocycles. The highest BCUT2D eigenvalue weighted by Crippen LogP contribution is 2.60. The monoisotopic (exact) mass is 492 g/mol. The molecule has 172 valence electrons. The van der Waals surface area contributed by atoms with Crippen molar-refractivity contribution in [2.45, 2.75) is 42.9 Å². The molecule has 1 heterocycles. The fourth-order valence-corrected chi connectivity index (χ4v) is 5.17. The molecule has 1 aliphatic heterocycles. The van der Waals surface area contributed by atoms with Gasteiger partial charge in [-0.15, -0.1) is 0 Å². The molecule has 0 radical (unpaired) electrons. The van der Waals surface area contributed by atoms with Crippen LogP contribution in [0.1, 0.15) is 36.0 Å². The SMILES string of the molecule is O=C(COc1ccc(Cl)c(F)c1)NC12CC(NC(=O)[C@@H]3CC(=O)c4cc(Cl)ccc4O3)(C1)C2. The van der Waals surface area contributed by atoms with Crippen molar-refractivity contribution in [3.63, 3.8) is 0 Å². The molecule has 4 aliphatic rings. The first kappa shape index (κ1) is 22.0. The largest absolute Gasteiger partial charge is 0.484 e. The Kier molecular flexibility index (Phi) is 5.25. The molecule has 33 heavy (non-hydrogen) atoms. The van der Waals surface area contributed by atoms with Crippen LogP contribution in [0.5, 0.6) is 11.5 Å². The Hall–Kier alpha value is -2.84. The first-order chi connectivity index (χ1) is 15.7. The van der Waals surface area contributed by atoms with Gasteiger partial charge in [0.05, 0.1) is 17.0 Å². The van der Waals surface area contributed by atoms with Crippen LogP contribution < -0.4 is 20.1 Å². The van der Waals surface area contributed by atoms with Gasteiger partial charge >= 0.3 is 0 Å². The Morgan fingerprint density at radius 3 is 2.55 bits per heavy atom. The average Bonchev–Trinajstić information content (AvgIpc) is 2.72. The molecule has 10 heteroatoms. The summed E-state index contributed by atoms with van der Waals surface area (Å²) in [5, 5.41) is 6.31. The van der Waals surface area contributed by atoms with E-state index in [4.69, 9.17) is 32.7 Å². The summed E-state index contributed by atoms with van der Waals surface area (Å²) >= 11 is 11.6. The molecule has 0 aromatic heterocycles. The molecule has 3 saturated carbocycles. The predicted octanol–water partition coefficient (Wildman–Crippen LogP) is 3.45. The number of carbonyl (C=O) groups excluding carboxylic acids is 3. The van der Waals surface area contributed by atoms with E-state index >= 15 is 0 Å². The van der Waals surface area contributed by atoms with Crippen LogP contribution in [-0.2, 0) is 9.59 Å². The van der Waals surface area contributed by atoms with Crippen LogP contribution >= 0.6 is 23.2 Å². The van der Waals surface area contributed by atoms with Gasteiger partial charge in [-0.2, -0.15) is 0 Å². The zero-order chi connectivity index (χ0) is 23.4. The van der Waals surface area contributed by atoms with Gasteiger partial charge in [-0.1, -0.05) is 23.2 Å². The number of amides is 2. The number of benzene rings is 2. The number of ether oxygens (including phenoxy) is 2. The van der Waals surface area contributed by atoms with Crippen LogP contribution in [0.4, 0.5) is 4.39 Å². The minimum Gasteiger partial charge on any atom is -0.484 e. The average molecular weight is 493 g/mol. The molecule has 2 bridgehead atoms. The lowest BCUT2D eigenvalue weighted by molar-refractivity contribution is -0.154. The smallest absolute Gasteiger partial charge is 0.261 e. The van der Waals surface area contributed by atoms with Crippen molar-refractivity contribution in [2.75, 3.05) is 6.61 Å². The van der Waals surface area contributed by atoms with Gasteiger partial charge in [-0.3, -0.25) is 14.4 Å². The molecule has 2 amide bonds. The number of halogens is 3. The maximum absolute atomic E-state index is 13.5. The number of ketones is 1. The van der Waals surface area contributed by atoms with E-state index < -0.39 is 17.5 Å². The molecule has 0 spiro atoms. The zero-order valence-electron chi connectivity index (χ0n) is 17.3. The Bertz CT molecular complexity index is 1170. The maximum Gasteiger partial charge on any atom is 0.261 e. The summed E-state index contributed by atoms with van der Waals surface area (Å²) in [4.78, 5) is 37.3. The lowest BCUT2D eigenvalue weighted by Crippen LogP contribution is -2.84. The Balaban J connectivity index is 1.10. The number of rotatable bonds is 6. The van der Waals surface area contributed by atoms with Gasteiger partial charge in [0.1, 0.15) is 17.3 Å². The van der Waals surface area contributed by atoms with E-state index in [9.17, 15) is 18.8 Å². The number of hydrogen-bond acceptors (Lipinski definition) is 5. The summed E-state index contributed by atoms with van der Waals surface area (Å²) in [6.45, 7) is -0.260. The fraction of sp³-hybridized carbons (Fsp3) is 0.348. The second-order valence-corrected chi connectivity index (χ2v) is 9.71. The van der Waals surface area contributed by atoms with Gasteiger partial charge in [0.25, 0.3) is 11.8 Å². The molecule has 7 nitrogen and oxygen atoms in total. The quantitative estimate of drug-likeness (QED) is 0.643. The molecule has 1 atom stereocenters. The highest BCUT2D eigenvalue weighted by atomic mass is 35.5. The van der Waals surface area contributed by atoms with E-state index in [-0.39, 0.29) is 46.9 Å². The summed E-state index contributed by atoms with van der Waals surface area (Å²) in [5.41, 5.74) is -0.412. The maximum atomic E-state index is 13.5. The van der Waals surface area contributed by atoms with E-state index in [1.54, 1.807) is 12.1 Å². The number of hydrogen-bond donors (Lipinski definition) is 2. The van der Waals surface area contributed by atoms with Crippen molar-refractivity contribution in [3.05, 3.63) is 57.8 Å². The molecule has 3 aliphatic carbocycles. The van der Waals surface area contributed by atoms with E-state index in [2.05, 4.69) is 10.6 Å². The summed E-state index contributed by atoms with van der Waals surface area (Å²) in [7, 11) is 0. The van der Waals surface area contributed by atoms with E-state index in [0.29, 0.717) is 35.6 Å².